The second-order valence-corrected chi connectivity index (χ2v) is 9.13. The van der Waals surface area contributed by atoms with Crippen LogP contribution in [0.1, 0.15) is 41.5 Å². The van der Waals surface area contributed by atoms with Gasteiger partial charge < -0.3 is 18.9 Å². The summed E-state index contributed by atoms with van der Waals surface area (Å²) in [6, 6.07) is 8.51. The van der Waals surface area contributed by atoms with Crippen LogP contribution >= 0.6 is 11.8 Å². The fourth-order valence-corrected chi connectivity index (χ4v) is 4.85. The normalized spacial score (nSPS) is 16.8. The Hall–Kier alpha value is -3.94. The molecule has 1 aliphatic heterocycles. The van der Waals surface area contributed by atoms with E-state index < -0.39 is 66.0 Å². The summed E-state index contributed by atoms with van der Waals surface area (Å²) in [5, 5.41) is 4.17. The zero-order chi connectivity index (χ0) is 28.6. The number of hydrogen-bond donors (Lipinski definition) is 0. The Kier molecular flexibility index (Phi) is 10.8. The number of hydrogen-bond acceptors (Lipinski definition) is 12. The number of carbonyl (C=O) groups excluding carboxylic acids is 6. The first kappa shape index (κ1) is 30.3. The van der Waals surface area contributed by atoms with Crippen molar-refractivity contribution in [2.24, 2.45) is 5.10 Å². The first-order valence-corrected chi connectivity index (χ1v) is 12.3. The third kappa shape index (κ3) is 8.30. The molecule has 0 aliphatic carbocycles. The number of thioether (sulfide) groups is 1. The molecule has 13 nitrogen and oxygen atoms in total. The highest BCUT2D eigenvalue weighted by molar-refractivity contribution is 8.15. The molecule has 0 N–H and O–H groups in total. The van der Waals surface area contributed by atoms with Crippen molar-refractivity contribution in [2.45, 2.75) is 65.2 Å². The van der Waals surface area contributed by atoms with Gasteiger partial charge in [0.05, 0.1) is 5.69 Å². The summed E-state index contributed by atoms with van der Waals surface area (Å²) in [5.74, 6) is -4.16. The molecular formula is C24H29N3O10S. The lowest BCUT2D eigenvalue weighted by Crippen LogP contribution is -2.54. The molecule has 0 radical (unpaired) electrons. The number of carbonyl (C=O) groups is 6. The molecule has 38 heavy (non-hydrogen) atoms. The van der Waals surface area contributed by atoms with Gasteiger partial charge in [-0.1, -0.05) is 30.0 Å². The Labute approximate surface area is 223 Å². The van der Waals surface area contributed by atoms with Crippen LogP contribution in [-0.2, 0) is 47.7 Å². The predicted molar refractivity (Wildman–Crippen MR) is 134 cm³/mol. The summed E-state index contributed by atoms with van der Waals surface area (Å²) in [6.07, 6.45) is -4.42. The Morgan fingerprint density at radius 1 is 0.868 bits per heavy atom. The molecule has 4 atom stereocenters. The van der Waals surface area contributed by atoms with Crippen LogP contribution in [0.3, 0.4) is 0 Å². The highest BCUT2D eigenvalue weighted by atomic mass is 32.2. The molecule has 0 bridgehead atoms. The van der Waals surface area contributed by atoms with Crippen LogP contribution in [0.2, 0.25) is 0 Å². The summed E-state index contributed by atoms with van der Waals surface area (Å²) in [5.41, 5.74) is 0.462. The lowest BCUT2D eigenvalue weighted by molar-refractivity contribution is -0.192. The van der Waals surface area contributed by atoms with Gasteiger partial charge in [0.2, 0.25) is 11.8 Å². The fourth-order valence-electron chi connectivity index (χ4n) is 3.52. The van der Waals surface area contributed by atoms with Gasteiger partial charge in [0.1, 0.15) is 12.0 Å². The van der Waals surface area contributed by atoms with Crippen LogP contribution in [0.25, 0.3) is 0 Å². The van der Waals surface area contributed by atoms with Crippen molar-refractivity contribution in [1.82, 2.24) is 5.01 Å². The van der Waals surface area contributed by atoms with E-state index in [9.17, 15) is 28.8 Å². The quantitative estimate of drug-likeness (QED) is 0.324. The average molecular weight is 552 g/mol. The summed E-state index contributed by atoms with van der Waals surface area (Å²) < 4.78 is 21.2. The van der Waals surface area contributed by atoms with Gasteiger partial charge in [0, 0.05) is 41.5 Å². The number of anilines is 1. The van der Waals surface area contributed by atoms with Crippen LogP contribution in [0.4, 0.5) is 5.69 Å². The monoisotopic (exact) mass is 551 g/mol. The van der Waals surface area contributed by atoms with Crippen LogP contribution < -0.4 is 4.90 Å². The SMILES string of the molecule is CC(=O)OC[C@@H](OC(C)=O)[C@@H](OC(C)=O)[C@H](OC(C)=O)C1SC(N(C(C)=O)c2ccccc2)=NN1C(C)=O. The van der Waals surface area contributed by atoms with E-state index in [0.717, 1.165) is 44.5 Å². The average Bonchev–Trinajstić information content (AvgIpc) is 3.24. The molecule has 0 spiro atoms. The third-order valence-electron chi connectivity index (χ3n) is 4.85. The van der Waals surface area contributed by atoms with Gasteiger partial charge in [-0.3, -0.25) is 33.7 Å². The van der Waals surface area contributed by atoms with Gasteiger partial charge in [-0.15, -0.1) is 5.10 Å². The van der Waals surface area contributed by atoms with Gasteiger partial charge in [-0.2, -0.15) is 0 Å². The summed E-state index contributed by atoms with van der Waals surface area (Å²) in [6.45, 7) is 6.35. The minimum Gasteiger partial charge on any atom is -0.462 e. The maximum Gasteiger partial charge on any atom is 0.303 e. The largest absolute Gasteiger partial charge is 0.462 e. The van der Waals surface area contributed by atoms with Gasteiger partial charge in [0.25, 0.3) is 0 Å². The Morgan fingerprint density at radius 2 is 1.45 bits per heavy atom. The molecule has 0 fully saturated rings. The van der Waals surface area contributed by atoms with Crippen molar-refractivity contribution in [2.75, 3.05) is 11.5 Å². The van der Waals surface area contributed by atoms with Crippen molar-refractivity contribution in [1.29, 1.82) is 0 Å². The van der Waals surface area contributed by atoms with Crippen molar-refractivity contribution in [3.63, 3.8) is 0 Å². The van der Waals surface area contributed by atoms with E-state index in [4.69, 9.17) is 18.9 Å². The minimum atomic E-state index is -1.53. The molecule has 1 unspecified atom stereocenters. The van der Waals surface area contributed by atoms with E-state index in [1.54, 1.807) is 30.3 Å². The maximum absolute atomic E-state index is 12.6. The lowest BCUT2D eigenvalue weighted by Gasteiger charge is -2.35. The number of esters is 4. The number of amides is 2. The number of rotatable bonds is 9. The van der Waals surface area contributed by atoms with E-state index in [1.165, 1.54) is 18.7 Å². The molecule has 1 aromatic carbocycles. The van der Waals surface area contributed by atoms with Gasteiger partial charge >= 0.3 is 23.9 Å². The highest BCUT2D eigenvalue weighted by Gasteiger charge is 2.49. The van der Waals surface area contributed by atoms with Gasteiger partial charge in [-0.05, 0) is 12.1 Å². The first-order chi connectivity index (χ1) is 17.8. The molecule has 206 valence electrons. The van der Waals surface area contributed by atoms with E-state index in [-0.39, 0.29) is 5.17 Å². The van der Waals surface area contributed by atoms with Gasteiger partial charge in [0.15, 0.2) is 23.5 Å². The van der Waals surface area contributed by atoms with E-state index >= 15 is 0 Å². The Bertz CT molecular complexity index is 1110. The van der Waals surface area contributed by atoms with E-state index in [0.29, 0.717) is 5.69 Å². The van der Waals surface area contributed by atoms with E-state index in [1.807, 2.05) is 0 Å². The second-order valence-electron chi connectivity index (χ2n) is 8.04. The topological polar surface area (TPSA) is 158 Å². The van der Waals surface area contributed by atoms with Crippen LogP contribution in [-0.4, -0.2) is 76.2 Å². The minimum absolute atomic E-state index is 0.0756. The standard InChI is InChI=1S/C24H29N3O10S/c1-13(28)26(19-10-8-7-9-11-19)24-25-27(14(2)29)23(38-24)22(37-18(6)33)21(36-17(5)32)20(35-16(4)31)12-34-15(3)30/h7-11,20-23H,12H2,1-6H3/t20-,21-,22+,23?/m1/s1. The number of nitrogens with zero attached hydrogens (tertiary/aromatic N) is 3. The third-order valence-corrected chi connectivity index (χ3v) is 6.03. The zero-order valence-electron chi connectivity index (χ0n) is 21.7. The number of amidine groups is 1. The number of hydrazone groups is 1. The molecule has 0 saturated heterocycles. The molecule has 1 aromatic rings. The van der Waals surface area contributed by atoms with Crippen molar-refractivity contribution in [3.8, 4) is 0 Å². The highest BCUT2D eigenvalue weighted by Crippen LogP contribution is 2.36. The molecule has 14 heteroatoms. The zero-order valence-corrected chi connectivity index (χ0v) is 22.6. The van der Waals surface area contributed by atoms with Crippen molar-refractivity contribution >= 4 is 58.3 Å². The molecular weight excluding hydrogens is 522 g/mol. The smallest absolute Gasteiger partial charge is 0.303 e. The second kappa shape index (κ2) is 13.6. The predicted octanol–water partition coefficient (Wildman–Crippen LogP) is 1.59. The number of ether oxygens (including phenoxy) is 4. The number of para-hydroxylation sites is 1. The van der Waals surface area contributed by atoms with Crippen LogP contribution in [0.15, 0.2) is 35.4 Å². The first-order valence-electron chi connectivity index (χ1n) is 11.4. The summed E-state index contributed by atoms with van der Waals surface area (Å²) >= 11 is 0.888. The van der Waals surface area contributed by atoms with Gasteiger partial charge in [-0.25, -0.2) is 5.01 Å². The molecule has 1 aliphatic rings. The fraction of sp³-hybridized carbons (Fsp3) is 0.458. The molecule has 0 aromatic heterocycles. The lowest BCUT2D eigenvalue weighted by atomic mass is 10.1. The molecule has 0 saturated carbocycles. The van der Waals surface area contributed by atoms with Crippen molar-refractivity contribution < 1.29 is 47.7 Å². The summed E-state index contributed by atoms with van der Waals surface area (Å²) in [7, 11) is 0. The van der Waals surface area contributed by atoms with E-state index in [2.05, 4.69) is 5.10 Å². The molecule has 1 heterocycles. The Balaban J connectivity index is 2.58. The summed E-state index contributed by atoms with van der Waals surface area (Å²) in [4.78, 5) is 74.0. The van der Waals surface area contributed by atoms with Crippen LogP contribution in [0.5, 0.6) is 0 Å². The van der Waals surface area contributed by atoms with Crippen LogP contribution in [0, 0.1) is 0 Å². The number of benzene rings is 1. The molecule has 2 rings (SSSR count). The Morgan fingerprint density at radius 3 is 1.92 bits per heavy atom. The maximum atomic E-state index is 12.6. The van der Waals surface area contributed by atoms with Crippen molar-refractivity contribution in [3.05, 3.63) is 30.3 Å². The molecule has 2 amide bonds.